The Morgan fingerprint density at radius 1 is 1.55 bits per heavy atom. The van der Waals surface area contributed by atoms with Crippen molar-refractivity contribution < 1.29 is 9.13 Å². The van der Waals surface area contributed by atoms with Crippen LogP contribution in [-0.4, -0.2) is 31.5 Å². The molecule has 11 heavy (non-hydrogen) atoms. The van der Waals surface area contributed by atoms with Gasteiger partial charge in [0.15, 0.2) is 0 Å². The van der Waals surface area contributed by atoms with E-state index in [0.717, 1.165) is 19.4 Å². The number of hydrogen-bond acceptors (Lipinski definition) is 2. The molecule has 2 unspecified atom stereocenters. The molecule has 0 bridgehead atoms. The van der Waals surface area contributed by atoms with Gasteiger partial charge in [0, 0.05) is 25.1 Å². The third-order valence-electron chi connectivity index (χ3n) is 2.63. The summed E-state index contributed by atoms with van der Waals surface area (Å²) in [5.41, 5.74) is -0.00231. The monoisotopic (exact) mass is 159 g/mol. The van der Waals surface area contributed by atoms with E-state index in [9.17, 15) is 4.39 Å². The quantitative estimate of drug-likeness (QED) is 0.566. The number of hydrogen-bond donors (Lipinski definition) is 1. The molecule has 0 aliphatic carbocycles. The van der Waals surface area contributed by atoms with Crippen LogP contribution in [0.4, 0.5) is 4.39 Å². The van der Waals surface area contributed by atoms with E-state index in [2.05, 4.69) is 5.32 Å². The van der Waals surface area contributed by atoms with Crippen LogP contribution in [0.15, 0.2) is 0 Å². The molecule has 0 aromatic rings. The van der Waals surface area contributed by atoms with E-state index < -0.39 is 6.17 Å². The predicted molar refractivity (Wildman–Crippen MR) is 40.3 cm³/mol. The van der Waals surface area contributed by atoms with E-state index in [1.807, 2.05) is 0 Å². The highest BCUT2D eigenvalue weighted by atomic mass is 19.1. The number of nitrogens with one attached hydrogen (secondary N) is 1. The van der Waals surface area contributed by atoms with Crippen LogP contribution in [0, 0.1) is 0 Å². The van der Waals surface area contributed by atoms with Crippen LogP contribution < -0.4 is 5.32 Å². The lowest BCUT2D eigenvalue weighted by Gasteiger charge is -2.33. The lowest BCUT2D eigenvalue weighted by atomic mass is 9.91. The molecule has 2 atom stereocenters. The summed E-state index contributed by atoms with van der Waals surface area (Å²) in [6.07, 6.45) is 2.14. The SMILES string of the molecule is FC1CNC2(CCCOC2)C1. The lowest BCUT2D eigenvalue weighted by molar-refractivity contribution is 0.0268. The van der Waals surface area contributed by atoms with Gasteiger partial charge in [0.2, 0.25) is 0 Å². The molecule has 1 spiro atoms. The average molecular weight is 159 g/mol. The second-order valence-electron chi connectivity index (χ2n) is 3.62. The second-order valence-corrected chi connectivity index (χ2v) is 3.62. The maximum atomic E-state index is 12.8. The summed E-state index contributed by atoms with van der Waals surface area (Å²) in [5, 5.41) is 3.22. The molecule has 2 aliphatic heterocycles. The maximum absolute atomic E-state index is 12.8. The van der Waals surface area contributed by atoms with Gasteiger partial charge in [-0.15, -0.1) is 0 Å². The molecule has 0 amide bonds. The average Bonchev–Trinajstić information content (AvgIpc) is 2.34. The van der Waals surface area contributed by atoms with Crippen molar-refractivity contribution in [2.45, 2.75) is 31.0 Å². The van der Waals surface area contributed by atoms with Crippen molar-refractivity contribution in [2.24, 2.45) is 0 Å². The van der Waals surface area contributed by atoms with Crippen LogP contribution in [-0.2, 0) is 4.74 Å². The molecule has 1 N–H and O–H groups in total. The number of ether oxygens (including phenoxy) is 1. The first-order valence-electron chi connectivity index (χ1n) is 4.28. The van der Waals surface area contributed by atoms with Gasteiger partial charge in [-0.05, 0) is 12.8 Å². The van der Waals surface area contributed by atoms with Crippen molar-refractivity contribution in [3.05, 3.63) is 0 Å². The maximum Gasteiger partial charge on any atom is 0.114 e. The zero-order chi connectivity index (χ0) is 7.73. The van der Waals surface area contributed by atoms with Crippen LogP contribution >= 0.6 is 0 Å². The van der Waals surface area contributed by atoms with E-state index in [4.69, 9.17) is 4.74 Å². The minimum absolute atomic E-state index is 0.00231. The van der Waals surface area contributed by atoms with Gasteiger partial charge in [0.1, 0.15) is 6.17 Å². The normalized spacial score (nSPS) is 45.0. The van der Waals surface area contributed by atoms with Gasteiger partial charge in [-0.1, -0.05) is 0 Å². The first-order chi connectivity index (χ1) is 5.31. The minimum Gasteiger partial charge on any atom is -0.380 e. The molecule has 0 aromatic heterocycles. The van der Waals surface area contributed by atoms with E-state index >= 15 is 0 Å². The van der Waals surface area contributed by atoms with Crippen molar-refractivity contribution in [1.29, 1.82) is 0 Å². The summed E-state index contributed by atoms with van der Waals surface area (Å²) in [5.74, 6) is 0. The molecule has 2 aliphatic rings. The highest BCUT2D eigenvalue weighted by Gasteiger charge is 2.40. The fourth-order valence-corrected chi connectivity index (χ4v) is 2.05. The topological polar surface area (TPSA) is 21.3 Å². The molecule has 3 heteroatoms. The fraction of sp³-hybridized carbons (Fsp3) is 1.00. The van der Waals surface area contributed by atoms with Gasteiger partial charge in [-0.2, -0.15) is 0 Å². The third-order valence-corrected chi connectivity index (χ3v) is 2.63. The minimum atomic E-state index is -0.656. The van der Waals surface area contributed by atoms with Crippen molar-refractivity contribution in [3.63, 3.8) is 0 Å². The van der Waals surface area contributed by atoms with Gasteiger partial charge < -0.3 is 10.1 Å². The van der Waals surface area contributed by atoms with Gasteiger partial charge in [0.25, 0.3) is 0 Å². The molecule has 64 valence electrons. The lowest BCUT2D eigenvalue weighted by Crippen LogP contribution is -2.46. The van der Waals surface area contributed by atoms with Crippen LogP contribution in [0.3, 0.4) is 0 Å². The Kier molecular flexibility index (Phi) is 1.85. The number of alkyl halides is 1. The predicted octanol–water partition coefficient (Wildman–Crippen LogP) is 0.867. The molecular formula is C8H14FNO. The fourth-order valence-electron chi connectivity index (χ4n) is 2.05. The molecule has 0 radical (unpaired) electrons. The third kappa shape index (κ3) is 1.40. The smallest absolute Gasteiger partial charge is 0.114 e. The van der Waals surface area contributed by atoms with Crippen molar-refractivity contribution in [1.82, 2.24) is 5.32 Å². The molecule has 0 saturated carbocycles. The van der Waals surface area contributed by atoms with Crippen LogP contribution in [0.5, 0.6) is 0 Å². The zero-order valence-electron chi connectivity index (χ0n) is 6.61. The van der Waals surface area contributed by atoms with Gasteiger partial charge >= 0.3 is 0 Å². The van der Waals surface area contributed by atoms with Crippen molar-refractivity contribution >= 4 is 0 Å². The summed E-state index contributed by atoms with van der Waals surface area (Å²) in [6, 6.07) is 0. The van der Waals surface area contributed by atoms with Gasteiger partial charge in [0.05, 0.1) is 6.61 Å². The number of halogens is 1. The highest BCUT2D eigenvalue weighted by Crippen LogP contribution is 2.29. The molecule has 2 rings (SSSR count). The molecule has 2 saturated heterocycles. The van der Waals surface area contributed by atoms with Gasteiger partial charge in [-0.3, -0.25) is 0 Å². The standard InChI is InChI=1S/C8H14FNO/c9-7-4-8(10-5-7)2-1-3-11-6-8/h7,10H,1-6H2. The summed E-state index contributed by atoms with van der Waals surface area (Å²) >= 11 is 0. The largest absolute Gasteiger partial charge is 0.380 e. The Labute approximate surface area is 66.1 Å². The second kappa shape index (κ2) is 2.72. The molecule has 2 fully saturated rings. The summed E-state index contributed by atoms with van der Waals surface area (Å²) in [7, 11) is 0. The van der Waals surface area contributed by atoms with Crippen molar-refractivity contribution in [2.75, 3.05) is 19.8 Å². The van der Waals surface area contributed by atoms with Crippen LogP contribution in [0.25, 0.3) is 0 Å². The summed E-state index contributed by atoms with van der Waals surface area (Å²) in [6.45, 7) is 2.07. The van der Waals surface area contributed by atoms with E-state index in [-0.39, 0.29) is 5.54 Å². The molecular weight excluding hydrogens is 145 g/mol. The van der Waals surface area contributed by atoms with E-state index in [1.54, 1.807) is 0 Å². The van der Waals surface area contributed by atoms with Gasteiger partial charge in [-0.25, -0.2) is 4.39 Å². The van der Waals surface area contributed by atoms with E-state index in [0.29, 0.717) is 19.6 Å². The first kappa shape index (κ1) is 7.50. The Hall–Kier alpha value is -0.150. The van der Waals surface area contributed by atoms with Crippen molar-refractivity contribution in [3.8, 4) is 0 Å². The Morgan fingerprint density at radius 2 is 2.45 bits per heavy atom. The Morgan fingerprint density at radius 3 is 3.00 bits per heavy atom. The zero-order valence-corrected chi connectivity index (χ0v) is 6.61. The molecule has 0 aromatic carbocycles. The first-order valence-corrected chi connectivity index (χ1v) is 4.28. The summed E-state index contributed by atoms with van der Waals surface area (Å²) in [4.78, 5) is 0. The van der Waals surface area contributed by atoms with Crippen LogP contribution in [0.2, 0.25) is 0 Å². The Bertz CT molecular complexity index is 140. The Balaban J connectivity index is 1.98. The number of rotatable bonds is 0. The summed E-state index contributed by atoms with van der Waals surface area (Å²) < 4.78 is 18.2. The van der Waals surface area contributed by atoms with Crippen LogP contribution in [0.1, 0.15) is 19.3 Å². The molecule has 2 heterocycles. The molecule has 2 nitrogen and oxygen atoms in total. The highest BCUT2D eigenvalue weighted by molar-refractivity contribution is 4.98. The van der Waals surface area contributed by atoms with E-state index in [1.165, 1.54) is 0 Å².